The van der Waals surface area contributed by atoms with Crippen LogP contribution in [-0.4, -0.2) is 25.4 Å². The Labute approximate surface area is 106 Å². The van der Waals surface area contributed by atoms with Gasteiger partial charge in [0.2, 0.25) is 5.11 Å². The molecule has 0 heterocycles. The number of rotatable bonds is 4. The van der Waals surface area contributed by atoms with Crippen molar-refractivity contribution in [3.63, 3.8) is 0 Å². The summed E-state index contributed by atoms with van der Waals surface area (Å²) in [5, 5.41) is 3.19. The summed E-state index contributed by atoms with van der Waals surface area (Å²) in [5.41, 5.74) is 7.24. The van der Waals surface area contributed by atoms with E-state index in [1.807, 2.05) is 0 Å². The predicted molar refractivity (Wildman–Crippen MR) is 52.3 cm³/mol. The van der Waals surface area contributed by atoms with Gasteiger partial charge < -0.3 is 4.74 Å². The van der Waals surface area contributed by atoms with Crippen LogP contribution in [-0.2, 0) is 4.74 Å². The number of halogens is 9. The van der Waals surface area contributed by atoms with Crippen LogP contribution in [0.5, 0.6) is 0 Å². The second kappa shape index (κ2) is 54.5. The maximum atomic E-state index is 11.3. The quantitative estimate of drug-likeness (QED) is 0.185. The first-order valence-electron chi connectivity index (χ1n) is 3.28. The minimum absolute atomic E-state index is 0.101. The maximum Gasteiger partial charge on any atom is 0.201 e. The lowest BCUT2D eigenvalue weighted by Gasteiger charge is -2.06. The van der Waals surface area contributed by atoms with Crippen molar-refractivity contribution in [2.24, 2.45) is 5.10 Å². The molecule has 5 nitrogen and oxygen atoms in total. The Bertz CT molecular complexity index is 156. The minimum atomic E-state index is 0.101. The molecule has 0 aliphatic carbocycles. The third kappa shape index (κ3) is 61.1. The second-order valence-electron chi connectivity index (χ2n) is 1.40. The van der Waals surface area contributed by atoms with Crippen LogP contribution in [0.3, 0.4) is 0 Å². The summed E-state index contributed by atoms with van der Waals surface area (Å²) in [5.74, 6) is 0. The zero-order valence-corrected chi connectivity index (χ0v) is 9.77. The molecule has 3 N–H and O–H groups in total. The van der Waals surface area contributed by atoms with Gasteiger partial charge in [0, 0.05) is 43.7 Å². The Morgan fingerprint density at radius 1 is 1.11 bits per heavy atom. The van der Waals surface area contributed by atoms with E-state index >= 15 is 0 Å². The first-order valence-corrected chi connectivity index (χ1v) is 3.68. The normalized spacial score (nSPS) is 7.05. The number of hydrogen-bond donors (Lipinski definition) is 3. The zero-order chi connectivity index (χ0) is 16.5. The number of nitrogens with one attached hydrogen (secondary N) is 3. The Morgan fingerprint density at radius 2 is 1.53 bits per heavy atom. The maximum absolute atomic E-state index is 11.3. The first kappa shape index (κ1) is 30.6. The van der Waals surface area contributed by atoms with Crippen LogP contribution in [0.1, 0.15) is 0 Å². The molecule has 0 bridgehead atoms. The van der Waals surface area contributed by atoms with Gasteiger partial charge >= 0.3 is 0 Å². The Balaban J connectivity index is -0.0000000693. The van der Waals surface area contributed by atoms with Crippen molar-refractivity contribution >= 4 is 23.8 Å². The molecule has 0 atom stereocenters. The third-order valence-electron chi connectivity index (χ3n) is 0.633. The van der Waals surface area contributed by atoms with Gasteiger partial charge in [0.05, 0.1) is 0 Å². The summed E-state index contributed by atoms with van der Waals surface area (Å²) in [7, 11) is 1.52. The number of nitrogens with zero attached hydrogens (tertiary/aromatic N) is 1. The topological polar surface area (TPSA) is 57.7 Å². The molecule has 0 amide bonds. The highest BCUT2D eigenvalue weighted by atomic mass is 32.1. The second-order valence-corrected chi connectivity index (χ2v) is 1.81. The van der Waals surface area contributed by atoms with E-state index in [4.69, 9.17) is 36.6 Å². The van der Waals surface area contributed by atoms with Crippen molar-refractivity contribution in [2.45, 2.75) is 0 Å². The van der Waals surface area contributed by atoms with Gasteiger partial charge in [-0.25, -0.2) is 5.43 Å². The van der Waals surface area contributed by atoms with Crippen LogP contribution in [0.25, 0.3) is 0 Å². The summed E-state index contributed by atoms with van der Waals surface area (Å²) < 4.78 is 79.9. The van der Waals surface area contributed by atoms with E-state index in [0.717, 1.165) is 0 Å². The van der Waals surface area contributed by atoms with Gasteiger partial charge in [-0.2, -0.15) is 9.49 Å². The highest BCUT2D eigenvalue weighted by Gasteiger charge is 1.88. The fraction of sp³-hybridized carbons (Fsp3) is 0.500. The van der Waals surface area contributed by atoms with E-state index in [9.17, 15) is 4.39 Å². The number of thiocarbonyl (C=S) groups is 1. The monoisotopic (exact) mass is 332 g/mol. The summed E-state index contributed by atoms with van der Waals surface area (Å²) in [6.07, 6.45) is 0. The molecule has 0 saturated carbocycles. The number of methoxy groups -OCH3 is 1. The van der Waals surface area contributed by atoms with Crippen LogP contribution in [0.15, 0.2) is 5.10 Å². The van der Waals surface area contributed by atoms with E-state index < -0.39 is 0 Å². The predicted octanol–water partition coefficient (Wildman–Crippen LogP) is 2.83. The SMILES string of the molecule is COCNNC(=S)NN=CF.FF.FF.FF.FF. The molecule has 0 fully saturated rings. The lowest BCUT2D eigenvalue weighted by molar-refractivity contribution is 0.108. The largest absolute Gasteiger partial charge is 0.368 e. The van der Waals surface area contributed by atoms with Crippen LogP contribution in [0.4, 0.5) is 41.0 Å². The van der Waals surface area contributed by atoms with Crippen molar-refractivity contribution in [3.05, 3.63) is 0 Å². The molecule has 0 saturated heterocycles. The lowest BCUT2D eigenvalue weighted by Crippen LogP contribution is -2.42. The summed E-state index contributed by atoms with van der Waals surface area (Å²) in [4.78, 5) is 0. The molecule has 0 radical (unpaired) electrons. The Kier molecular flexibility index (Phi) is 87.7. The smallest absolute Gasteiger partial charge is 0.201 e. The summed E-state index contributed by atoms with van der Waals surface area (Å²) >= 11 is 4.61. The molecular weight excluding hydrogens is 323 g/mol. The Hall–Kier alpha value is -1.35. The average Bonchev–Trinajstić information content (AvgIpc) is 2.53. The number of hydrazone groups is 1. The number of ether oxygens (including phenoxy) is 1. The van der Waals surface area contributed by atoms with Crippen LogP contribution < -0.4 is 16.3 Å². The van der Waals surface area contributed by atoms with Gasteiger partial charge in [-0.3, -0.25) is 10.9 Å². The van der Waals surface area contributed by atoms with Gasteiger partial charge in [-0.1, -0.05) is 0 Å². The van der Waals surface area contributed by atoms with Gasteiger partial charge in [-0.05, 0) is 12.2 Å². The molecule has 0 unspecified atom stereocenters. The van der Waals surface area contributed by atoms with E-state index in [2.05, 4.69) is 38.3 Å². The van der Waals surface area contributed by atoms with Crippen LogP contribution >= 0.6 is 12.2 Å². The standard InChI is InChI=1S/C4H9FN4OS.4F2/c1-10-3-7-9-4(11)8-6-2-5;4*1-2/h2,7H,3H2,1H3,(H2,8,9,11);;;;. The summed E-state index contributed by atoms with van der Waals surface area (Å²) in [6, 6.07) is 0. The van der Waals surface area contributed by atoms with Gasteiger partial charge in [0.15, 0.2) is 6.47 Å². The van der Waals surface area contributed by atoms with Gasteiger partial charge in [0.25, 0.3) is 0 Å². The Morgan fingerprint density at radius 3 is 1.84 bits per heavy atom. The van der Waals surface area contributed by atoms with E-state index in [1.165, 1.54) is 7.11 Å². The van der Waals surface area contributed by atoms with Crippen molar-refractivity contribution in [3.8, 4) is 0 Å². The van der Waals surface area contributed by atoms with E-state index in [1.54, 1.807) is 0 Å². The molecule has 0 aromatic heterocycles. The van der Waals surface area contributed by atoms with Crippen molar-refractivity contribution in [2.75, 3.05) is 13.8 Å². The molecule has 120 valence electrons. The average molecular weight is 332 g/mol. The van der Waals surface area contributed by atoms with Crippen molar-refractivity contribution in [1.82, 2.24) is 16.3 Å². The molecule has 19 heavy (non-hydrogen) atoms. The highest BCUT2D eigenvalue weighted by molar-refractivity contribution is 7.80. The van der Waals surface area contributed by atoms with Crippen LogP contribution in [0, 0.1) is 0 Å². The number of hydrogen-bond acceptors (Lipinski definition) is 4. The molecule has 0 aliphatic heterocycles. The zero-order valence-electron chi connectivity index (χ0n) is 8.95. The summed E-state index contributed by atoms with van der Waals surface area (Å²) in [6.45, 7) is 0.394. The molecule has 15 heteroatoms. The fourth-order valence-corrected chi connectivity index (χ4v) is 0.424. The molecule has 0 aliphatic rings. The molecule has 0 aromatic rings. The van der Waals surface area contributed by atoms with Crippen molar-refractivity contribution in [1.29, 1.82) is 0 Å². The van der Waals surface area contributed by atoms with Gasteiger partial charge in [-0.15, -0.1) is 0 Å². The fourth-order valence-electron chi connectivity index (χ4n) is 0.300. The van der Waals surface area contributed by atoms with E-state index in [0.29, 0.717) is 6.73 Å². The number of hydrazine groups is 1. The molecule has 0 rings (SSSR count). The van der Waals surface area contributed by atoms with E-state index in [-0.39, 0.29) is 11.6 Å². The minimum Gasteiger partial charge on any atom is -0.368 e. The molecule has 0 aromatic carbocycles. The van der Waals surface area contributed by atoms with Crippen LogP contribution in [0.2, 0.25) is 0 Å². The third-order valence-corrected chi connectivity index (χ3v) is 0.827. The van der Waals surface area contributed by atoms with Gasteiger partial charge in [0.1, 0.15) is 6.73 Å². The molecular formula is C4H9F9N4OS. The van der Waals surface area contributed by atoms with Crippen molar-refractivity contribution < 1.29 is 45.7 Å². The first-order chi connectivity index (χ1) is 9.31. The lowest BCUT2D eigenvalue weighted by atomic mass is 11.1. The molecule has 0 spiro atoms. The highest BCUT2D eigenvalue weighted by Crippen LogP contribution is 1.64.